The van der Waals surface area contributed by atoms with Crippen molar-refractivity contribution in [2.45, 2.75) is 52.6 Å². The number of likely N-dealkylation sites (tertiary alicyclic amines) is 1. The van der Waals surface area contributed by atoms with E-state index in [1.54, 1.807) is 11.8 Å². The van der Waals surface area contributed by atoms with Crippen LogP contribution >= 0.6 is 0 Å². The van der Waals surface area contributed by atoms with Gasteiger partial charge in [0.05, 0.1) is 19.6 Å². The second kappa shape index (κ2) is 9.61. The van der Waals surface area contributed by atoms with Crippen LogP contribution in [0.3, 0.4) is 0 Å². The summed E-state index contributed by atoms with van der Waals surface area (Å²) < 4.78 is 5.05. The monoisotopic (exact) mass is 342 g/mol. The number of quaternary nitrogens is 1. The summed E-state index contributed by atoms with van der Waals surface area (Å²) in [6, 6.07) is -0.194. The Hall–Kier alpha value is -1.63. The minimum atomic E-state index is -0.290. The van der Waals surface area contributed by atoms with E-state index in [0.29, 0.717) is 32.5 Å². The molecule has 7 nitrogen and oxygen atoms in total. The average molecular weight is 342 g/mol. The normalized spacial score (nSPS) is 18.2. The second-order valence-electron chi connectivity index (χ2n) is 6.82. The van der Waals surface area contributed by atoms with Gasteiger partial charge in [-0.15, -0.1) is 0 Å². The van der Waals surface area contributed by atoms with Crippen LogP contribution < -0.4 is 10.2 Å². The third-order valence-corrected chi connectivity index (χ3v) is 4.43. The summed E-state index contributed by atoms with van der Waals surface area (Å²) in [5.74, 6) is -0.285. The molecule has 2 amide bonds. The predicted octanol–water partition coefficient (Wildman–Crippen LogP) is -0.784. The molecular weight excluding hydrogens is 310 g/mol. The fraction of sp³-hybridized carbons (Fsp3) is 0.824. The first kappa shape index (κ1) is 20.4. The lowest BCUT2D eigenvalue weighted by molar-refractivity contribution is -0.886. The summed E-state index contributed by atoms with van der Waals surface area (Å²) in [7, 11) is 1.85. The number of nitrogens with one attached hydrogen (secondary N) is 2. The molecular formula is C17H32N3O4+. The van der Waals surface area contributed by atoms with Gasteiger partial charge >= 0.3 is 5.97 Å². The number of hydrogen-bond donors (Lipinski definition) is 2. The fourth-order valence-electron chi connectivity index (χ4n) is 2.86. The number of rotatable bonds is 7. The van der Waals surface area contributed by atoms with Gasteiger partial charge in [0.15, 0.2) is 12.6 Å². The lowest BCUT2D eigenvalue weighted by Crippen LogP contribution is -3.15. The number of carbonyl (C=O) groups is 3. The molecule has 1 heterocycles. The maximum Gasteiger partial charge on any atom is 0.309 e. The van der Waals surface area contributed by atoms with Gasteiger partial charge in [-0.05, 0) is 40.5 Å². The molecule has 1 fully saturated rings. The first-order valence-electron chi connectivity index (χ1n) is 8.83. The minimum Gasteiger partial charge on any atom is -0.466 e. The Labute approximate surface area is 144 Å². The zero-order valence-electron chi connectivity index (χ0n) is 15.6. The van der Waals surface area contributed by atoms with Crippen molar-refractivity contribution < 1.29 is 24.0 Å². The molecule has 1 saturated heterocycles. The van der Waals surface area contributed by atoms with Gasteiger partial charge in [-0.25, -0.2) is 0 Å². The van der Waals surface area contributed by atoms with E-state index in [1.807, 2.05) is 27.8 Å². The highest BCUT2D eigenvalue weighted by molar-refractivity contribution is 5.81. The van der Waals surface area contributed by atoms with Crippen molar-refractivity contribution in [1.29, 1.82) is 0 Å². The van der Waals surface area contributed by atoms with Crippen molar-refractivity contribution in [2.24, 2.45) is 5.92 Å². The van der Waals surface area contributed by atoms with Gasteiger partial charge in [0.2, 0.25) is 0 Å². The summed E-state index contributed by atoms with van der Waals surface area (Å²) in [6.07, 6.45) is 1.29. The molecule has 2 atom stereocenters. The van der Waals surface area contributed by atoms with Crippen molar-refractivity contribution >= 4 is 17.8 Å². The van der Waals surface area contributed by atoms with E-state index < -0.39 is 0 Å². The highest BCUT2D eigenvalue weighted by Crippen LogP contribution is 2.19. The van der Waals surface area contributed by atoms with E-state index in [1.165, 1.54) is 0 Å². The molecule has 1 aliphatic heterocycles. The highest BCUT2D eigenvalue weighted by atomic mass is 16.5. The van der Waals surface area contributed by atoms with Crippen LogP contribution in [0.1, 0.15) is 40.5 Å². The van der Waals surface area contributed by atoms with E-state index >= 15 is 0 Å². The number of piperidine rings is 1. The molecule has 0 aromatic carbocycles. The molecule has 0 saturated carbocycles. The van der Waals surface area contributed by atoms with Crippen LogP contribution in [-0.2, 0) is 19.1 Å². The number of carbonyl (C=O) groups excluding carboxylic acids is 3. The van der Waals surface area contributed by atoms with Crippen LogP contribution in [0.2, 0.25) is 0 Å². The third-order valence-electron chi connectivity index (χ3n) is 4.43. The van der Waals surface area contributed by atoms with E-state index in [9.17, 15) is 14.4 Å². The maximum atomic E-state index is 12.6. The van der Waals surface area contributed by atoms with Crippen LogP contribution in [0.15, 0.2) is 0 Å². The molecule has 1 aliphatic rings. The Kier molecular flexibility index (Phi) is 8.18. The molecule has 0 radical (unpaired) electrons. The number of hydrogen-bond acceptors (Lipinski definition) is 4. The number of likely N-dealkylation sites (N-methyl/N-ethyl adjacent to an activating group) is 1. The zero-order valence-corrected chi connectivity index (χ0v) is 15.6. The van der Waals surface area contributed by atoms with E-state index in [2.05, 4.69) is 5.32 Å². The molecule has 7 heteroatoms. The Morgan fingerprint density at radius 1 is 1.21 bits per heavy atom. The summed E-state index contributed by atoms with van der Waals surface area (Å²) in [5, 5.41) is 2.84. The van der Waals surface area contributed by atoms with Gasteiger partial charge in [-0.3, -0.25) is 14.4 Å². The molecule has 138 valence electrons. The van der Waals surface area contributed by atoms with Gasteiger partial charge in [0, 0.05) is 19.1 Å². The molecule has 0 bridgehead atoms. The van der Waals surface area contributed by atoms with Gasteiger partial charge in [-0.2, -0.15) is 0 Å². The molecule has 0 spiro atoms. The molecule has 0 aromatic rings. The lowest BCUT2D eigenvalue weighted by Gasteiger charge is -2.33. The fourth-order valence-corrected chi connectivity index (χ4v) is 2.86. The first-order chi connectivity index (χ1) is 11.3. The highest BCUT2D eigenvalue weighted by Gasteiger charge is 2.33. The summed E-state index contributed by atoms with van der Waals surface area (Å²) in [5.41, 5.74) is 0. The average Bonchev–Trinajstić information content (AvgIpc) is 2.52. The standard InChI is InChI=1S/C17H31N3O4/c1-6-24-17(23)14-7-9-20(10-8-14)16(22)13(4)19(5)11-15(21)18-12(2)3/h12-14H,6-11H2,1-5H3,(H,18,21)/p+1/t13-/m1/s1. The van der Waals surface area contributed by atoms with E-state index in [-0.39, 0.29) is 42.3 Å². The topological polar surface area (TPSA) is 80.2 Å². The lowest BCUT2D eigenvalue weighted by atomic mass is 9.96. The predicted molar refractivity (Wildman–Crippen MR) is 90.4 cm³/mol. The number of amides is 2. The maximum absolute atomic E-state index is 12.6. The smallest absolute Gasteiger partial charge is 0.309 e. The molecule has 0 aromatic heterocycles. The van der Waals surface area contributed by atoms with Gasteiger partial charge in [0.1, 0.15) is 0 Å². The molecule has 1 unspecified atom stereocenters. The number of ether oxygens (including phenoxy) is 1. The van der Waals surface area contributed by atoms with Crippen molar-refractivity contribution in [3.63, 3.8) is 0 Å². The van der Waals surface area contributed by atoms with Gasteiger partial charge < -0.3 is 19.9 Å². The minimum absolute atomic E-state index is 0.0344. The molecule has 0 aliphatic carbocycles. The molecule has 2 N–H and O–H groups in total. The van der Waals surface area contributed by atoms with Crippen LogP contribution in [0.5, 0.6) is 0 Å². The Bertz CT molecular complexity index is 445. The first-order valence-corrected chi connectivity index (χ1v) is 8.83. The Morgan fingerprint density at radius 3 is 2.29 bits per heavy atom. The van der Waals surface area contributed by atoms with Crippen LogP contribution in [0.4, 0.5) is 0 Å². The number of esters is 1. The van der Waals surface area contributed by atoms with Crippen molar-refractivity contribution in [2.75, 3.05) is 33.3 Å². The van der Waals surface area contributed by atoms with E-state index in [4.69, 9.17) is 4.74 Å². The van der Waals surface area contributed by atoms with Crippen LogP contribution in [0.25, 0.3) is 0 Å². The Balaban J connectivity index is 2.46. The summed E-state index contributed by atoms with van der Waals surface area (Å²) in [4.78, 5) is 38.9. The van der Waals surface area contributed by atoms with Gasteiger partial charge in [-0.1, -0.05) is 0 Å². The number of nitrogens with zero attached hydrogens (tertiary/aromatic N) is 1. The Morgan fingerprint density at radius 2 is 1.79 bits per heavy atom. The van der Waals surface area contributed by atoms with Gasteiger partial charge in [0.25, 0.3) is 11.8 Å². The quantitative estimate of drug-likeness (QED) is 0.595. The van der Waals surface area contributed by atoms with Crippen LogP contribution in [0, 0.1) is 5.92 Å². The van der Waals surface area contributed by atoms with Crippen molar-refractivity contribution in [3.8, 4) is 0 Å². The van der Waals surface area contributed by atoms with Crippen molar-refractivity contribution in [3.05, 3.63) is 0 Å². The summed E-state index contributed by atoms with van der Waals surface area (Å²) in [6.45, 7) is 9.26. The SMILES string of the molecule is CCOC(=O)C1CCN(C(=O)[C@@H](C)[NH+](C)CC(=O)NC(C)C)CC1. The zero-order chi connectivity index (χ0) is 18.3. The summed E-state index contributed by atoms with van der Waals surface area (Å²) >= 11 is 0. The van der Waals surface area contributed by atoms with Crippen molar-refractivity contribution in [1.82, 2.24) is 10.2 Å². The second-order valence-corrected chi connectivity index (χ2v) is 6.82. The largest absolute Gasteiger partial charge is 0.466 e. The third kappa shape index (κ3) is 6.11. The van der Waals surface area contributed by atoms with Crippen LogP contribution in [-0.4, -0.2) is 68.1 Å². The molecule has 24 heavy (non-hydrogen) atoms. The van der Waals surface area contributed by atoms with E-state index in [0.717, 1.165) is 4.90 Å². The molecule has 1 rings (SSSR count).